The predicted octanol–water partition coefficient (Wildman–Crippen LogP) is 3.17. The van der Waals surface area contributed by atoms with Gasteiger partial charge in [-0.05, 0) is 31.9 Å². The van der Waals surface area contributed by atoms with Crippen LogP contribution in [-0.2, 0) is 17.2 Å². The highest BCUT2D eigenvalue weighted by atomic mass is 35.5. The molecule has 0 unspecified atom stereocenters. The molecule has 1 saturated heterocycles. The number of rotatable bonds is 6. The van der Waals surface area contributed by atoms with E-state index in [-0.39, 0.29) is 17.7 Å². The first-order valence-electron chi connectivity index (χ1n) is 9.41. The Morgan fingerprint density at radius 1 is 1.41 bits per heavy atom. The fraction of sp³-hybridized carbons (Fsp3) is 0.421. The molecule has 10 heteroatoms. The Bertz CT molecular complexity index is 973. The van der Waals surface area contributed by atoms with Crippen LogP contribution in [-0.4, -0.2) is 39.1 Å². The first kappa shape index (κ1) is 19.8. The van der Waals surface area contributed by atoms with Gasteiger partial charge in [-0.15, -0.1) is 22.9 Å². The Morgan fingerprint density at radius 2 is 2.31 bits per heavy atom. The Balaban J connectivity index is 1.33. The molecule has 1 amide bonds. The summed E-state index contributed by atoms with van der Waals surface area (Å²) < 4.78 is 5.24. The molecule has 3 aromatic heterocycles. The molecule has 1 fully saturated rings. The van der Waals surface area contributed by atoms with Crippen molar-refractivity contribution in [3.63, 3.8) is 0 Å². The number of pyridine rings is 1. The van der Waals surface area contributed by atoms with Crippen molar-refractivity contribution in [3.05, 3.63) is 40.2 Å². The summed E-state index contributed by atoms with van der Waals surface area (Å²) in [5.74, 6) is 0.545. The zero-order valence-corrected chi connectivity index (χ0v) is 17.5. The van der Waals surface area contributed by atoms with E-state index in [9.17, 15) is 4.79 Å². The van der Waals surface area contributed by atoms with E-state index >= 15 is 0 Å². The van der Waals surface area contributed by atoms with E-state index < -0.39 is 0 Å². The minimum atomic E-state index is -0.129. The number of nitrogens with one attached hydrogen (secondary N) is 1. The van der Waals surface area contributed by atoms with Crippen LogP contribution in [0.2, 0.25) is 0 Å². The lowest BCUT2D eigenvalue weighted by atomic mass is 9.97. The summed E-state index contributed by atoms with van der Waals surface area (Å²) in [6, 6.07) is 4.39. The van der Waals surface area contributed by atoms with Gasteiger partial charge in [0.15, 0.2) is 5.82 Å². The average molecular weight is 433 g/mol. The van der Waals surface area contributed by atoms with E-state index in [0.29, 0.717) is 24.9 Å². The maximum absolute atomic E-state index is 12.7. The molecule has 0 aromatic carbocycles. The number of carbonyl (C=O) groups is 1. The van der Waals surface area contributed by atoms with Crippen molar-refractivity contribution in [2.24, 2.45) is 5.92 Å². The number of halogens is 1. The molecule has 4 heterocycles. The molecular formula is C19H21ClN6O2S. The zero-order chi connectivity index (χ0) is 20.2. The van der Waals surface area contributed by atoms with E-state index in [1.807, 2.05) is 35.5 Å². The van der Waals surface area contributed by atoms with Crippen LogP contribution < -0.4 is 10.2 Å². The molecule has 29 heavy (non-hydrogen) atoms. The third-order valence-electron chi connectivity index (χ3n) is 4.81. The summed E-state index contributed by atoms with van der Waals surface area (Å²) in [5, 5.41) is 9.68. The topological polar surface area (TPSA) is 97.0 Å². The molecule has 3 aromatic rings. The fourth-order valence-corrected chi connectivity index (χ4v) is 4.09. The number of carbonyl (C=O) groups excluding carboxylic acids is 1. The summed E-state index contributed by atoms with van der Waals surface area (Å²) in [6.07, 6.45) is 3.53. The highest BCUT2D eigenvalue weighted by Gasteiger charge is 2.28. The normalized spacial score (nSPS) is 16.8. The van der Waals surface area contributed by atoms with E-state index in [2.05, 4.69) is 25.4 Å². The number of aryl methyl sites for hydroxylation is 1. The second-order valence-electron chi connectivity index (χ2n) is 6.94. The lowest BCUT2D eigenvalue weighted by molar-refractivity contribution is -0.125. The second-order valence-corrected chi connectivity index (χ2v) is 8.15. The van der Waals surface area contributed by atoms with Crippen molar-refractivity contribution in [3.8, 4) is 11.3 Å². The lowest BCUT2D eigenvalue weighted by Gasteiger charge is -2.30. The van der Waals surface area contributed by atoms with Gasteiger partial charge in [-0.3, -0.25) is 9.78 Å². The zero-order valence-electron chi connectivity index (χ0n) is 16.0. The third kappa shape index (κ3) is 4.73. The Hall–Kier alpha value is -2.52. The minimum absolute atomic E-state index is 0.0144. The molecule has 152 valence electrons. The molecule has 1 aliphatic rings. The van der Waals surface area contributed by atoms with E-state index in [0.717, 1.165) is 41.3 Å². The Labute approximate surface area is 177 Å². The van der Waals surface area contributed by atoms with Crippen molar-refractivity contribution >= 4 is 34.9 Å². The van der Waals surface area contributed by atoms with Crippen molar-refractivity contribution < 1.29 is 9.32 Å². The number of alkyl halides is 1. The molecule has 4 rings (SSSR count). The summed E-state index contributed by atoms with van der Waals surface area (Å²) in [7, 11) is 0. The molecule has 1 aliphatic heterocycles. The van der Waals surface area contributed by atoms with Crippen molar-refractivity contribution in [1.82, 2.24) is 25.4 Å². The number of anilines is 1. The van der Waals surface area contributed by atoms with Crippen LogP contribution >= 0.6 is 22.9 Å². The van der Waals surface area contributed by atoms with Crippen molar-refractivity contribution in [2.75, 3.05) is 18.0 Å². The average Bonchev–Trinajstić information content (AvgIpc) is 3.42. The van der Waals surface area contributed by atoms with Gasteiger partial charge in [0, 0.05) is 35.9 Å². The van der Waals surface area contributed by atoms with Crippen LogP contribution in [0.25, 0.3) is 11.3 Å². The van der Waals surface area contributed by atoms with Gasteiger partial charge in [0.2, 0.25) is 5.91 Å². The van der Waals surface area contributed by atoms with E-state index in [1.165, 1.54) is 11.3 Å². The second kappa shape index (κ2) is 8.87. The van der Waals surface area contributed by atoms with Crippen LogP contribution in [0.4, 0.5) is 6.01 Å². The summed E-state index contributed by atoms with van der Waals surface area (Å²) in [6.45, 7) is 3.70. The standard InChI is InChI=1S/C19H21ClN6O2S/c1-12-4-5-13(8-21-12)15-11-29-17(23-15)9-22-18(27)14-3-2-6-26(10-14)19-24-16(7-20)25-28-19/h4-5,8,11,14H,2-3,6-7,9-10H2,1H3,(H,22,27)/t14-/m0/s1. The molecule has 0 bridgehead atoms. The van der Waals surface area contributed by atoms with Crippen LogP contribution in [0.1, 0.15) is 29.4 Å². The van der Waals surface area contributed by atoms with Gasteiger partial charge in [-0.2, -0.15) is 4.98 Å². The highest BCUT2D eigenvalue weighted by Crippen LogP contribution is 2.24. The lowest BCUT2D eigenvalue weighted by Crippen LogP contribution is -2.43. The number of hydrogen-bond donors (Lipinski definition) is 1. The number of piperidine rings is 1. The van der Waals surface area contributed by atoms with Gasteiger partial charge in [0.25, 0.3) is 0 Å². The van der Waals surface area contributed by atoms with Gasteiger partial charge in [0.05, 0.1) is 24.0 Å². The molecule has 0 spiro atoms. The van der Waals surface area contributed by atoms with Gasteiger partial charge in [-0.25, -0.2) is 4.98 Å². The summed E-state index contributed by atoms with van der Waals surface area (Å²) in [4.78, 5) is 27.8. The molecule has 0 aliphatic carbocycles. The number of aromatic nitrogens is 4. The van der Waals surface area contributed by atoms with Crippen LogP contribution in [0.3, 0.4) is 0 Å². The molecule has 1 atom stereocenters. The van der Waals surface area contributed by atoms with Gasteiger partial charge in [-0.1, -0.05) is 5.16 Å². The SMILES string of the molecule is Cc1ccc(-c2csc(CNC(=O)[C@H]3CCCN(c4nc(CCl)no4)C3)n2)cn1. The van der Waals surface area contributed by atoms with Gasteiger partial charge >= 0.3 is 6.01 Å². The van der Waals surface area contributed by atoms with Crippen LogP contribution in [0, 0.1) is 12.8 Å². The van der Waals surface area contributed by atoms with Crippen LogP contribution in [0.5, 0.6) is 0 Å². The first-order chi connectivity index (χ1) is 14.1. The molecule has 0 saturated carbocycles. The molecule has 8 nitrogen and oxygen atoms in total. The largest absolute Gasteiger partial charge is 0.349 e. The van der Waals surface area contributed by atoms with Crippen LogP contribution in [0.15, 0.2) is 28.2 Å². The molecular weight excluding hydrogens is 412 g/mol. The third-order valence-corrected chi connectivity index (χ3v) is 5.90. The quantitative estimate of drug-likeness (QED) is 0.597. The van der Waals surface area contributed by atoms with E-state index in [4.69, 9.17) is 16.1 Å². The van der Waals surface area contributed by atoms with E-state index in [1.54, 1.807) is 0 Å². The number of hydrogen-bond acceptors (Lipinski definition) is 8. The van der Waals surface area contributed by atoms with Crippen molar-refractivity contribution in [2.45, 2.75) is 32.2 Å². The monoisotopic (exact) mass is 432 g/mol. The summed E-state index contributed by atoms with van der Waals surface area (Å²) >= 11 is 7.26. The Morgan fingerprint density at radius 3 is 3.07 bits per heavy atom. The van der Waals surface area contributed by atoms with Gasteiger partial charge in [0.1, 0.15) is 5.01 Å². The maximum Gasteiger partial charge on any atom is 0.324 e. The number of nitrogens with zero attached hydrogens (tertiary/aromatic N) is 5. The maximum atomic E-state index is 12.7. The first-order valence-corrected chi connectivity index (χ1v) is 10.8. The Kier molecular flexibility index (Phi) is 6.05. The molecule has 1 N–H and O–H groups in total. The smallest absolute Gasteiger partial charge is 0.324 e. The van der Waals surface area contributed by atoms with Gasteiger partial charge < -0.3 is 14.7 Å². The fourth-order valence-electron chi connectivity index (χ4n) is 3.24. The predicted molar refractivity (Wildman–Crippen MR) is 111 cm³/mol. The van der Waals surface area contributed by atoms with Crippen molar-refractivity contribution in [1.29, 1.82) is 0 Å². The highest BCUT2D eigenvalue weighted by molar-refractivity contribution is 7.09. The number of thiazole rings is 1. The number of amides is 1. The summed E-state index contributed by atoms with van der Waals surface area (Å²) in [5.41, 5.74) is 2.82. The minimum Gasteiger partial charge on any atom is -0.349 e. The molecule has 0 radical (unpaired) electrons.